The van der Waals surface area contributed by atoms with Crippen molar-refractivity contribution in [3.63, 3.8) is 0 Å². The lowest BCUT2D eigenvalue weighted by Crippen LogP contribution is -2.17. The second-order valence-corrected chi connectivity index (χ2v) is 4.44. The maximum Gasteiger partial charge on any atom is 0.307 e. The van der Waals surface area contributed by atoms with E-state index in [2.05, 4.69) is 15.9 Å². The third-order valence-electron chi connectivity index (χ3n) is 2.29. The van der Waals surface area contributed by atoms with E-state index in [1.807, 2.05) is 0 Å². The molecule has 0 fully saturated rings. The molecule has 0 aliphatic rings. The number of esters is 1. The zero-order valence-electron chi connectivity index (χ0n) is 10.2. The van der Waals surface area contributed by atoms with Gasteiger partial charge in [0.15, 0.2) is 0 Å². The van der Waals surface area contributed by atoms with Crippen LogP contribution in [-0.4, -0.2) is 17.5 Å². The van der Waals surface area contributed by atoms with E-state index in [-0.39, 0.29) is 31.1 Å². The minimum absolute atomic E-state index is 0. The van der Waals surface area contributed by atoms with E-state index in [1.165, 1.54) is 6.07 Å². The molecular weight excluding hydrogens is 339 g/mol. The molecule has 0 aliphatic carbocycles. The summed E-state index contributed by atoms with van der Waals surface area (Å²) < 4.78 is 5.15. The quantitative estimate of drug-likeness (QED) is 0.499. The molecule has 0 heterocycles. The summed E-state index contributed by atoms with van der Waals surface area (Å²) in [6.45, 7) is 1.99. The lowest BCUT2D eigenvalue weighted by Gasteiger charge is -2.11. The molecule has 0 saturated heterocycles. The van der Waals surface area contributed by atoms with E-state index >= 15 is 0 Å². The molecule has 1 aromatic carbocycles. The van der Waals surface area contributed by atoms with Crippen molar-refractivity contribution in [1.82, 2.24) is 0 Å². The van der Waals surface area contributed by atoms with Gasteiger partial charge in [-0.15, -0.1) is 12.4 Å². The van der Waals surface area contributed by atoms with Gasteiger partial charge >= 0.3 is 5.97 Å². The first-order chi connectivity index (χ1) is 8.45. The van der Waals surface area contributed by atoms with Crippen LogP contribution in [0.5, 0.6) is 0 Å². The van der Waals surface area contributed by atoms with Crippen LogP contribution in [-0.2, 0) is 9.53 Å². The molecule has 0 spiro atoms. The average Bonchev–Trinajstić information content (AvgIpc) is 2.29. The number of carbonyl (C=O) groups is 1. The number of hydrogen-bond acceptors (Lipinski definition) is 5. The SMILES string of the molecule is CCOC(=O)C[C@@H](N)c1ccc(Br)c([N+](=O)[O-])c1.Cl. The van der Waals surface area contributed by atoms with Gasteiger partial charge in [0.05, 0.1) is 22.4 Å². The highest BCUT2D eigenvalue weighted by Gasteiger charge is 2.18. The van der Waals surface area contributed by atoms with Gasteiger partial charge in [0.25, 0.3) is 5.69 Å². The summed E-state index contributed by atoms with van der Waals surface area (Å²) in [6, 6.07) is 3.92. The van der Waals surface area contributed by atoms with Crippen molar-refractivity contribution >= 4 is 40.0 Å². The third-order valence-corrected chi connectivity index (χ3v) is 2.96. The smallest absolute Gasteiger partial charge is 0.307 e. The molecule has 0 radical (unpaired) electrons. The molecule has 0 saturated carbocycles. The van der Waals surface area contributed by atoms with Crippen molar-refractivity contribution in [3.8, 4) is 0 Å². The molecule has 0 unspecified atom stereocenters. The number of nitrogens with zero attached hydrogens (tertiary/aromatic N) is 1. The molecule has 19 heavy (non-hydrogen) atoms. The van der Waals surface area contributed by atoms with Gasteiger partial charge in [-0.3, -0.25) is 14.9 Å². The number of halogens is 2. The highest BCUT2D eigenvalue weighted by Crippen LogP contribution is 2.28. The number of nitro groups is 1. The second-order valence-electron chi connectivity index (χ2n) is 3.58. The van der Waals surface area contributed by atoms with Gasteiger partial charge in [-0.1, -0.05) is 6.07 Å². The van der Waals surface area contributed by atoms with E-state index < -0.39 is 16.9 Å². The minimum atomic E-state index is -0.615. The Balaban J connectivity index is 0.00000324. The molecule has 0 bridgehead atoms. The normalized spacial score (nSPS) is 11.3. The van der Waals surface area contributed by atoms with Crippen molar-refractivity contribution in [2.75, 3.05) is 6.61 Å². The lowest BCUT2D eigenvalue weighted by atomic mass is 10.0. The molecule has 1 rings (SSSR count). The molecule has 0 aromatic heterocycles. The Morgan fingerprint density at radius 2 is 2.21 bits per heavy atom. The Bertz CT molecular complexity index is 470. The molecule has 106 valence electrons. The van der Waals surface area contributed by atoms with Crippen LogP contribution in [0.3, 0.4) is 0 Å². The highest BCUT2D eigenvalue weighted by molar-refractivity contribution is 9.10. The molecule has 2 N–H and O–H groups in total. The summed E-state index contributed by atoms with van der Waals surface area (Å²) in [5.74, 6) is -0.421. The summed E-state index contributed by atoms with van der Waals surface area (Å²) in [7, 11) is 0. The summed E-state index contributed by atoms with van der Waals surface area (Å²) in [6.07, 6.45) is -0.00731. The van der Waals surface area contributed by atoms with Gasteiger partial charge < -0.3 is 10.5 Å². The number of carbonyl (C=O) groups excluding carboxylic acids is 1. The average molecular weight is 354 g/mol. The number of rotatable bonds is 5. The maximum absolute atomic E-state index is 11.3. The van der Waals surface area contributed by atoms with Crippen LogP contribution in [0.15, 0.2) is 22.7 Å². The van der Waals surface area contributed by atoms with E-state index in [4.69, 9.17) is 10.5 Å². The second kappa shape index (κ2) is 8.08. The predicted octanol–water partition coefficient (Wildman–Crippen LogP) is 2.73. The van der Waals surface area contributed by atoms with Crippen molar-refractivity contribution in [1.29, 1.82) is 0 Å². The standard InChI is InChI=1S/C11H13BrN2O4.ClH/c1-2-18-11(15)6-9(13)7-3-4-8(12)10(5-7)14(16)17;/h3-5,9H,2,6,13H2,1H3;1H/t9-;/m1./s1. The van der Waals surface area contributed by atoms with Crippen LogP contribution in [0.25, 0.3) is 0 Å². The van der Waals surface area contributed by atoms with Crippen molar-refractivity contribution in [3.05, 3.63) is 38.3 Å². The van der Waals surface area contributed by atoms with Crippen LogP contribution in [0.2, 0.25) is 0 Å². The highest BCUT2D eigenvalue weighted by atomic mass is 79.9. The van der Waals surface area contributed by atoms with E-state index in [0.717, 1.165) is 0 Å². The van der Waals surface area contributed by atoms with Crippen molar-refractivity contribution in [2.24, 2.45) is 5.73 Å². The molecular formula is C11H14BrClN2O4. The summed E-state index contributed by atoms with van der Waals surface area (Å²) >= 11 is 3.08. The van der Waals surface area contributed by atoms with E-state index in [9.17, 15) is 14.9 Å². The van der Waals surface area contributed by atoms with Crippen molar-refractivity contribution < 1.29 is 14.5 Å². The number of benzene rings is 1. The Morgan fingerprint density at radius 1 is 1.58 bits per heavy atom. The van der Waals surface area contributed by atoms with Crippen LogP contribution >= 0.6 is 28.3 Å². The van der Waals surface area contributed by atoms with Gasteiger partial charge in [-0.2, -0.15) is 0 Å². The zero-order valence-corrected chi connectivity index (χ0v) is 12.6. The van der Waals surface area contributed by atoms with Gasteiger partial charge in [-0.25, -0.2) is 0 Å². The Morgan fingerprint density at radius 3 is 2.74 bits per heavy atom. The lowest BCUT2D eigenvalue weighted by molar-refractivity contribution is -0.385. The van der Waals surface area contributed by atoms with Crippen LogP contribution in [0.4, 0.5) is 5.69 Å². The predicted molar refractivity (Wildman–Crippen MR) is 76.2 cm³/mol. The Labute approximate surface area is 125 Å². The number of ether oxygens (including phenoxy) is 1. The van der Waals surface area contributed by atoms with Gasteiger partial charge in [0.2, 0.25) is 0 Å². The third kappa shape index (κ3) is 5.14. The molecule has 8 heteroatoms. The summed E-state index contributed by atoms with van der Waals surface area (Å²) in [5, 5.41) is 10.8. The number of nitro benzene ring substituents is 1. The molecule has 6 nitrogen and oxygen atoms in total. The maximum atomic E-state index is 11.3. The van der Waals surface area contributed by atoms with Crippen molar-refractivity contribution in [2.45, 2.75) is 19.4 Å². The monoisotopic (exact) mass is 352 g/mol. The summed E-state index contributed by atoms with van der Waals surface area (Å²) in [5.41, 5.74) is 6.26. The topological polar surface area (TPSA) is 95.5 Å². The van der Waals surface area contributed by atoms with Crippen LogP contribution in [0.1, 0.15) is 24.9 Å². The molecule has 1 atom stereocenters. The summed E-state index contributed by atoms with van der Waals surface area (Å²) in [4.78, 5) is 21.5. The van der Waals surface area contributed by atoms with Crippen LogP contribution in [0, 0.1) is 10.1 Å². The first kappa shape index (κ1) is 17.8. The van der Waals surface area contributed by atoms with Crippen LogP contribution < -0.4 is 5.73 Å². The molecule has 0 aliphatic heterocycles. The van der Waals surface area contributed by atoms with Gasteiger partial charge in [0.1, 0.15) is 0 Å². The van der Waals surface area contributed by atoms with E-state index in [1.54, 1.807) is 19.1 Å². The van der Waals surface area contributed by atoms with E-state index in [0.29, 0.717) is 10.0 Å². The van der Waals surface area contributed by atoms with Gasteiger partial charge in [0, 0.05) is 12.1 Å². The largest absolute Gasteiger partial charge is 0.466 e. The molecule has 1 aromatic rings. The fraction of sp³-hybridized carbons (Fsp3) is 0.364. The Kier molecular flexibility index (Phi) is 7.58. The minimum Gasteiger partial charge on any atom is -0.466 e. The first-order valence-electron chi connectivity index (χ1n) is 5.30. The first-order valence-corrected chi connectivity index (χ1v) is 6.10. The molecule has 0 amide bonds. The number of hydrogen-bond donors (Lipinski definition) is 1. The Hall–Kier alpha value is -1.18. The fourth-order valence-electron chi connectivity index (χ4n) is 1.42. The van der Waals surface area contributed by atoms with Gasteiger partial charge in [-0.05, 0) is 34.5 Å². The zero-order chi connectivity index (χ0) is 13.7. The fourth-order valence-corrected chi connectivity index (χ4v) is 1.81. The number of nitrogens with two attached hydrogens (primary N) is 1.